The van der Waals surface area contributed by atoms with E-state index < -0.39 is 0 Å². The lowest BCUT2D eigenvalue weighted by atomic mass is 10.2. The Bertz CT molecular complexity index is 284. The van der Waals surface area contributed by atoms with Gasteiger partial charge in [0.15, 0.2) is 5.15 Å². The largest absolute Gasteiger partial charge is 0.471 e. The Morgan fingerprint density at radius 2 is 2.23 bits per heavy atom. The van der Waals surface area contributed by atoms with Crippen molar-refractivity contribution in [2.24, 2.45) is 0 Å². The van der Waals surface area contributed by atoms with Gasteiger partial charge in [-0.1, -0.05) is 11.6 Å². The van der Waals surface area contributed by atoms with Crippen molar-refractivity contribution in [2.45, 2.75) is 6.10 Å². The molecule has 0 amide bonds. The predicted octanol–water partition coefficient (Wildman–Crippen LogP) is 0.823. The Labute approximate surface area is 81.5 Å². The molecule has 5 heteroatoms. The molecule has 1 saturated heterocycles. The van der Waals surface area contributed by atoms with Gasteiger partial charge in [-0.3, -0.25) is 4.90 Å². The van der Waals surface area contributed by atoms with Crippen LogP contribution in [-0.2, 0) is 0 Å². The molecule has 70 valence electrons. The van der Waals surface area contributed by atoms with Crippen LogP contribution in [0.25, 0.3) is 0 Å². The van der Waals surface area contributed by atoms with E-state index in [9.17, 15) is 0 Å². The van der Waals surface area contributed by atoms with Crippen molar-refractivity contribution >= 4 is 11.6 Å². The molecule has 1 aromatic rings. The maximum absolute atomic E-state index is 5.58. The van der Waals surface area contributed by atoms with Crippen LogP contribution in [-0.4, -0.2) is 41.3 Å². The minimum atomic E-state index is 0.250. The molecular formula is C8H10ClN3O. The number of likely N-dealkylation sites (N-methyl/N-ethyl adjacent to an activating group) is 1. The average molecular weight is 200 g/mol. The molecular weight excluding hydrogens is 190 g/mol. The van der Waals surface area contributed by atoms with Gasteiger partial charge < -0.3 is 4.74 Å². The first-order valence-corrected chi connectivity index (χ1v) is 4.46. The lowest BCUT2D eigenvalue weighted by molar-refractivity contribution is 0.0349. The topological polar surface area (TPSA) is 38.2 Å². The molecule has 1 fully saturated rings. The van der Waals surface area contributed by atoms with E-state index in [0.717, 1.165) is 13.1 Å². The molecule has 0 saturated carbocycles. The molecule has 0 spiro atoms. The second-order valence-corrected chi connectivity index (χ2v) is 3.54. The summed E-state index contributed by atoms with van der Waals surface area (Å²) in [6.45, 7) is 1.90. The van der Waals surface area contributed by atoms with Crippen LogP contribution in [0.15, 0.2) is 12.1 Å². The third kappa shape index (κ3) is 2.08. The standard InChI is InChI=1S/C8H10ClN3O/c1-12-4-6(5-12)13-8-3-2-7(9)10-11-8/h2-3,6H,4-5H2,1H3. The summed E-state index contributed by atoms with van der Waals surface area (Å²) in [5.74, 6) is 0.544. The molecule has 1 aliphatic heterocycles. The summed E-state index contributed by atoms with van der Waals surface area (Å²) in [5.41, 5.74) is 0. The summed E-state index contributed by atoms with van der Waals surface area (Å²) in [6.07, 6.45) is 0.250. The van der Waals surface area contributed by atoms with Crippen LogP contribution in [0.5, 0.6) is 5.88 Å². The Morgan fingerprint density at radius 1 is 1.46 bits per heavy atom. The van der Waals surface area contributed by atoms with Crippen LogP contribution in [0.2, 0.25) is 5.15 Å². The third-order valence-electron chi connectivity index (χ3n) is 1.93. The molecule has 0 atom stereocenters. The van der Waals surface area contributed by atoms with E-state index >= 15 is 0 Å². The summed E-state index contributed by atoms with van der Waals surface area (Å²) in [5, 5.41) is 7.88. The van der Waals surface area contributed by atoms with Crippen LogP contribution in [0.4, 0.5) is 0 Å². The molecule has 0 bridgehead atoms. The first-order valence-electron chi connectivity index (χ1n) is 4.08. The monoisotopic (exact) mass is 199 g/mol. The van der Waals surface area contributed by atoms with Crippen LogP contribution < -0.4 is 4.74 Å². The highest BCUT2D eigenvalue weighted by Crippen LogP contribution is 2.14. The summed E-state index contributed by atoms with van der Waals surface area (Å²) in [6, 6.07) is 3.40. The number of ether oxygens (including phenoxy) is 1. The van der Waals surface area contributed by atoms with Crippen LogP contribution in [0.3, 0.4) is 0 Å². The normalized spacial score (nSPS) is 18.3. The second-order valence-electron chi connectivity index (χ2n) is 3.16. The zero-order chi connectivity index (χ0) is 9.26. The van der Waals surface area contributed by atoms with Crippen molar-refractivity contribution in [3.63, 3.8) is 0 Å². The molecule has 2 heterocycles. The van der Waals surface area contributed by atoms with Crippen molar-refractivity contribution in [3.05, 3.63) is 17.3 Å². The van der Waals surface area contributed by atoms with E-state index in [0.29, 0.717) is 11.0 Å². The number of rotatable bonds is 2. The van der Waals surface area contributed by atoms with Crippen molar-refractivity contribution in [1.82, 2.24) is 15.1 Å². The maximum atomic E-state index is 5.58. The first-order chi connectivity index (χ1) is 6.24. The highest BCUT2D eigenvalue weighted by molar-refractivity contribution is 6.29. The molecule has 0 radical (unpaired) electrons. The molecule has 0 aliphatic carbocycles. The summed E-state index contributed by atoms with van der Waals surface area (Å²) < 4.78 is 5.50. The fourth-order valence-corrected chi connectivity index (χ4v) is 1.35. The van der Waals surface area contributed by atoms with Crippen LogP contribution >= 0.6 is 11.6 Å². The predicted molar refractivity (Wildman–Crippen MR) is 49.0 cm³/mol. The fourth-order valence-electron chi connectivity index (χ4n) is 1.25. The minimum Gasteiger partial charge on any atom is -0.471 e. The Hall–Kier alpha value is -0.870. The molecule has 0 unspecified atom stereocenters. The number of hydrogen-bond donors (Lipinski definition) is 0. The highest BCUT2D eigenvalue weighted by atomic mass is 35.5. The van der Waals surface area contributed by atoms with E-state index in [2.05, 4.69) is 15.1 Å². The minimum absolute atomic E-state index is 0.250. The Kier molecular flexibility index (Phi) is 2.33. The summed E-state index contributed by atoms with van der Waals surface area (Å²) >= 11 is 5.58. The number of hydrogen-bond acceptors (Lipinski definition) is 4. The van der Waals surface area contributed by atoms with E-state index in [1.807, 2.05) is 7.05 Å². The highest BCUT2D eigenvalue weighted by Gasteiger charge is 2.25. The summed E-state index contributed by atoms with van der Waals surface area (Å²) in [4.78, 5) is 2.17. The molecule has 4 nitrogen and oxygen atoms in total. The number of likely N-dealkylation sites (tertiary alicyclic amines) is 1. The van der Waals surface area contributed by atoms with E-state index in [4.69, 9.17) is 16.3 Å². The van der Waals surface area contributed by atoms with Gasteiger partial charge in [0.05, 0.1) is 0 Å². The lowest BCUT2D eigenvalue weighted by Crippen LogP contribution is -2.51. The smallest absolute Gasteiger partial charge is 0.233 e. The zero-order valence-corrected chi connectivity index (χ0v) is 8.03. The van der Waals surface area contributed by atoms with Crippen molar-refractivity contribution < 1.29 is 4.74 Å². The Balaban J connectivity index is 1.91. The van der Waals surface area contributed by atoms with Gasteiger partial charge in [-0.25, -0.2) is 0 Å². The quantitative estimate of drug-likeness (QED) is 0.707. The van der Waals surface area contributed by atoms with Crippen molar-refractivity contribution in [2.75, 3.05) is 20.1 Å². The maximum Gasteiger partial charge on any atom is 0.233 e. The van der Waals surface area contributed by atoms with Gasteiger partial charge in [-0.15, -0.1) is 10.2 Å². The number of halogens is 1. The lowest BCUT2D eigenvalue weighted by Gasteiger charge is -2.35. The van der Waals surface area contributed by atoms with Crippen LogP contribution in [0.1, 0.15) is 0 Å². The second kappa shape index (κ2) is 3.47. The zero-order valence-electron chi connectivity index (χ0n) is 7.27. The van der Waals surface area contributed by atoms with Gasteiger partial charge in [0.25, 0.3) is 0 Å². The Morgan fingerprint density at radius 3 is 2.77 bits per heavy atom. The number of nitrogens with zero attached hydrogens (tertiary/aromatic N) is 3. The molecule has 2 rings (SSSR count). The average Bonchev–Trinajstić information content (AvgIpc) is 2.06. The van der Waals surface area contributed by atoms with Gasteiger partial charge in [0, 0.05) is 19.2 Å². The summed E-state index contributed by atoms with van der Waals surface area (Å²) in [7, 11) is 2.05. The fraction of sp³-hybridized carbons (Fsp3) is 0.500. The van der Waals surface area contributed by atoms with Gasteiger partial charge >= 0.3 is 0 Å². The van der Waals surface area contributed by atoms with E-state index in [-0.39, 0.29) is 6.10 Å². The van der Waals surface area contributed by atoms with Crippen molar-refractivity contribution in [3.8, 4) is 5.88 Å². The first kappa shape index (κ1) is 8.72. The van der Waals surface area contributed by atoms with Gasteiger partial charge in [-0.05, 0) is 13.1 Å². The molecule has 1 aliphatic rings. The SMILES string of the molecule is CN1CC(Oc2ccc(Cl)nn2)C1. The van der Waals surface area contributed by atoms with E-state index in [1.165, 1.54) is 0 Å². The van der Waals surface area contributed by atoms with Crippen LogP contribution in [0, 0.1) is 0 Å². The van der Waals surface area contributed by atoms with E-state index in [1.54, 1.807) is 12.1 Å². The molecule has 0 N–H and O–H groups in total. The number of aromatic nitrogens is 2. The van der Waals surface area contributed by atoms with Gasteiger partial charge in [0.2, 0.25) is 5.88 Å². The van der Waals surface area contributed by atoms with Crippen molar-refractivity contribution in [1.29, 1.82) is 0 Å². The van der Waals surface area contributed by atoms with Gasteiger partial charge in [0.1, 0.15) is 6.10 Å². The third-order valence-corrected chi connectivity index (χ3v) is 2.13. The molecule has 0 aromatic carbocycles. The van der Waals surface area contributed by atoms with Gasteiger partial charge in [-0.2, -0.15) is 0 Å². The molecule has 1 aromatic heterocycles. The molecule has 13 heavy (non-hydrogen) atoms.